The van der Waals surface area contributed by atoms with Gasteiger partial charge in [0, 0.05) is 31.1 Å². The topological polar surface area (TPSA) is 93.8 Å². The van der Waals surface area contributed by atoms with Gasteiger partial charge in [0.1, 0.15) is 6.29 Å². The van der Waals surface area contributed by atoms with Crippen LogP contribution in [0, 0.1) is 0 Å². The molecule has 4 N–H and O–H groups in total. The predicted octanol–water partition coefficient (Wildman–Crippen LogP) is 6.75. The van der Waals surface area contributed by atoms with Crippen molar-refractivity contribution >= 4 is 18.7 Å². The Morgan fingerprint density at radius 3 is 1.13 bits per heavy atom. The zero-order chi connectivity index (χ0) is 27.4. The molecule has 3 aromatic carbocycles. The number of aldehydes is 1. The van der Waals surface area contributed by atoms with Crippen molar-refractivity contribution < 1.29 is 4.79 Å². The molecule has 0 radical (unpaired) electrons. The number of carbonyl (C=O) groups excluding carboxylic acids is 1. The van der Waals surface area contributed by atoms with E-state index in [4.69, 9.17) is 11.5 Å². The minimum atomic E-state index is 0.729. The van der Waals surface area contributed by atoms with Gasteiger partial charge < -0.3 is 11.5 Å². The van der Waals surface area contributed by atoms with Crippen LogP contribution in [0.3, 0.4) is 0 Å². The molecule has 204 valence electrons. The van der Waals surface area contributed by atoms with E-state index in [0.29, 0.717) is 0 Å². The van der Waals surface area contributed by atoms with Crippen molar-refractivity contribution in [2.24, 2.45) is 21.5 Å². The predicted molar refractivity (Wildman–Crippen MR) is 165 cm³/mol. The van der Waals surface area contributed by atoms with E-state index in [2.05, 4.69) is 34.3 Å². The average Bonchev–Trinajstić information content (AvgIpc) is 2.98. The molecule has 3 rings (SSSR count). The van der Waals surface area contributed by atoms with Crippen LogP contribution in [0.4, 0.5) is 0 Å². The summed E-state index contributed by atoms with van der Waals surface area (Å²) < 4.78 is 0. The Kier molecular flexibility index (Phi) is 21.7. The molecule has 0 bridgehead atoms. The molecular weight excluding hydrogens is 468 g/mol. The van der Waals surface area contributed by atoms with Crippen molar-refractivity contribution in [3.63, 3.8) is 0 Å². The van der Waals surface area contributed by atoms with Crippen LogP contribution in [0.1, 0.15) is 72.9 Å². The Morgan fingerprint density at radius 2 is 0.816 bits per heavy atom. The maximum absolute atomic E-state index is 10.0. The number of benzene rings is 3. The van der Waals surface area contributed by atoms with Crippen molar-refractivity contribution in [1.29, 1.82) is 0 Å². The van der Waals surface area contributed by atoms with Gasteiger partial charge in [-0.05, 0) is 49.9 Å². The fraction of sp³-hybridized carbons (Fsp3) is 0.364. The van der Waals surface area contributed by atoms with Crippen molar-refractivity contribution in [1.82, 2.24) is 0 Å². The van der Waals surface area contributed by atoms with E-state index in [1.807, 2.05) is 67.0 Å². The summed E-state index contributed by atoms with van der Waals surface area (Å²) in [5, 5.41) is 0. The van der Waals surface area contributed by atoms with Crippen LogP contribution < -0.4 is 11.5 Å². The SMILES string of the molecule is C(=NCCCCCCN=Cc1ccccc1)c1ccccc1.NCCCCCCN.O=Cc1ccccc1. The van der Waals surface area contributed by atoms with Crippen molar-refractivity contribution in [3.8, 4) is 0 Å². The lowest BCUT2D eigenvalue weighted by Crippen LogP contribution is -2.00. The van der Waals surface area contributed by atoms with Gasteiger partial charge in [-0.1, -0.05) is 117 Å². The summed E-state index contributed by atoms with van der Waals surface area (Å²) >= 11 is 0. The second kappa shape index (κ2) is 25.2. The largest absolute Gasteiger partial charge is 0.330 e. The molecule has 5 nitrogen and oxygen atoms in total. The standard InChI is InChI=1S/C20H24N2.C7H6O.C6H16N2/c1(9-15-21-17-19-11-5-3-6-12-19)2-10-16-22-18-20-13-7-4-8-14-20;8-6-7-4-2-1-3-5-7;7-5-3-1-2-4-6-8/h3-8,11-14,17-18H,1-2,9-10,15-16H2;1-6H;1-8H2. The van der Waals surface area contributed by atoms with Gasteiger partial charge >= 0.3 is 0 Å². The van der Waals surface area contributed by atoms with Crippen LogP contribution in [0.15, 0.2) is 101 Å². The summed E-state index contributed by atoms with van der Waals surface area (Å²) in [4.78, 5) is 18.9. The first-order chi connectivity index (χ1) is 18.8. The molecule has 0 amide bonds. The minimum Gasteiger partial charge on any atom is -0.330 e. The highest BCUT2D eigenvalue weighted by atomic mass is 16.1. The molecule has 0 unspecified atom stereocenters. The molecule has 0 aliphatic rings. The molecule has 0 aliphatic carbocycles. The third kappa shape index (κ3) is 19.7. The van der Waals surface area contributed by atoms with E-state index in [-0.39, 0.29) is 0 Å². The van der Waals surface area contributed by atoms with E-state index in [0.717, 1.165) is 63.7 Å². The molecule has 38 heavy (non-hydrogen) atoms. The molecule has 0 atom stereocenters. The second-order valence-corrected chi connectivity index (χ2v) is 8.83. The monoisotopic (exact) mass is 514 g/mol. The van der Waals surface area contributed by atoms with Gasteiger partial charge in [-0.3, -0.25) is 14.8 Å². The van der Waals surface area contributed by atoms with Gasteiger partial charge in [-0.2, -0.15) is 0 Å². The first-order valence-corrected chi connectivity index (χ1v) is 13.8. The molecule has 0 heterocycles. The number of rotatable bonds is 15. The van der Waals surface area contributed by atoms with Gasteiger partial charge in [-0.25, -0.2) is 0 Å². The molecule has 3 aromatic rings. The molecule has 0 aliphatic heterocycles. The molecule has 0 aromatic heterocycles. The molecule has 0 saturated heterocycles. The maximum atomic E-state index is 10.0. The Balaban J connectivity index is 0.000000368. The van der Waals surface area contributed by atoms with Crippen molar-refractivity contribution in [3.05, 3.63) is 108 Å². The van der Waals surface area contributed by atoms with Gasteiger partial charge in [0.25, 0.3) is 0 Å². The summed E-state index contributed by atoms with van der Waals surface area (Å²) in [6, 6.07) is 29.6. The van der Waals surface area contributed by atoms with Gasteiger partial charge in [0.15, 0.2) is 0 Å². The lowest BCUT2D eigenvalue weighted by molar-refractivity contribution is 0.112. The Bertz CT molecular complexity index is 901. The van der Waals surface area contributed by atoms with E-state index in [1.54, 1.807) is 12.1 Å². The normalized spacial score (nSPS) is 10.5. The van der Waals surface area contributed by atoms with Crippen LogP contribution in [0.5, 0.6) is 0 Å². The number of nitrogens with zero attached hydrogens (tertiary/aromatic N) is 2. The number of unbranched alkanes of at least 4 members (excludes halogenated alkanes) is 6. The third-order valence-corrected chi connectivity index (χ3v) is 5.50. The fourth-order valence-electron chi connectivity index (χ4n) is 3.35. The quantitative estimate of drug-likeness (QED) is 0.133. The third-order valence-electron chi connectivity index (χ3n) is 5.50. The molecule has 0 saturated carbocycles. The molecular formula is C33H46N4O. The molecule has 0 spiro atoms. The summed E-state index contributed by atoms with van der Waals surface area (Å²) in [6.07, 6.45) is 14.3. The highest BCUT2D eigenvalue weighted by Gasteiger charge is 1.90. The Hall–Kier alpha value is -3.41. The molecule has 0 fully saturated rings. The van der Waals surface area contributed by atoms with Crippen molar-refractivity contribution in [2.45, 2.75) is 51.4 Å². The number of nitrogens with two attached hydrogens (primary N) is 2. The van der Waals surface area contributed by atoms with E-state index >= 15 is 0 Å². The van der Waals surface area contributed by atoms with Gasteiger partial charge in [0.05, 0.1) is 0 Å². The zero-order valence-electron chi connectivity index (χ0n) is 22.8. The Morgan fingerprint density at radius 1 is 0.474 bits per heavy atom. The van der Waals surface area contributed by atoms with Crippen molar-refractivity contribution in [2.75, 3.05) is 26.2 Å². The van der Waals surface area contributed by atoms with Crippen LogP contribution in [-0.2, 0) is 0 Å². The van der Waals surface area contributed by atoms with Crippen LogP contribution in [-0.4, -0.2) is 44.9 Å². The van der Waals surface area contributed by atoms with E-state index in [9.17, 15) is 4.79 Å². The smallest absolute Gasteiger partial charge is 0.150 e. The van der Waals surface area contributed by atoms with Crippen LogP contribution in [0.2, 0.25) is 0 Å². The van der Waals surface area contributed by atoms with E-state index in [1.165, 1.54) is 36.8 Å². The second-order valence-electron chi connectivity index (χ2n) is 8.83. The highest BCUT2D eigenvalue weighted by molar-refractivity contribution is 5.79. The number of hydrogen-bond donors (Lipinski definition) is 2. The first kappa shape index (κ1) is 32.6. The zero-order valence-corrected chi connectivity index (χ0v) is 22.8. The fourth-order valence-corrected chi connectivity index (χ4v) is 3.35. The number of hydrogen-bond acceptors (Lipinski definition) is 5. The maximum Gasteiger partial charge on any atom is 0.150 e. The summed E-state index contributed by atoms with van der Waals surface area (Å²) in [5.74, 6) is 0. The lowest BCUT2D eigenvalue weighted by atomic mass is 10.2. The van der Waals surface area contributed by atoms with Gasteiger partial charge in [-0.15, -0.1) is 0 Å². The average molecular weight is 515 g/mol. The van der Waals surface area contributed by atoms with Crippen LogP contribution >= 0.6 is 0 Å². The summed E-state index contributed by atoms with van der Waals surface area (Å²) in [7, 11) is 0. The van der Waals surface area contributed by atoms with E-state index < -0.39 is 0 Å². The number of carbonyl (C=O) groups is 1. The van der Waals surface area contributed by atoms with Crippen LogP contribution in [0.25, 0.3) is 0 Å². The van der Waals surface area contributed by atoms with Gasteiger partial charge in [0.2, 0.25) is 0 Å². The summed E-state index contributed by atoms with van der Waals surface area (Å²) in [6.45, 7) is 3.49. The highest BCUT2D eigenvalue weighted by Crippen LogP contribution is 2.02. The Labute approximate surface area is 230 Å². The number of aliphatic imine (C=N–C) groups is 2. The molecule has 5 heteroatoms. The lowest BCUT2D eigenvalue weighted by Gasteiger charge is -1.97. The first-order valence-electron chi connectivity index (χ1n) is 13.8. The minimum absolute atomic E-state index is 0.729. The summed E-state index contributed by atoms with van der Waals surface area (Å²) in [5.41, 5.74) is 13.6.